The molecule has 0 aromatic rings. The van der Waals surface area contributed by atoms with Crippen molar-refractivity contribution in [3.05, 3.63) is 0 Å². The Morgan fingerprint density at radius 1 is 1.12 bits per heavy atom. The van der Waals surface area contributed by atoms with Gasteiger partial charge in [-0.15, -0.1) is 0 Å². The molecular formula is C13H27N3O. The fraction of sp³-hybridized carbons (Fsp3) is 0.923. The lowest BCUT2D eigenvalue weighted by atomic mass is 9.81. The Morgan fingerprint density at radius 3 is 2.00 bits per heavy atom. The number of nitrogens with zero attached hydrogens (tertiary/aromatic N) is 2. The first kappa shape index (κ1) is 14.5. The van der Waals surface area contributed by atoms with Crippen LogP contribution >= 0.6 is 0 Å². The van der Waals surface area contributed by atoms with E-state index >= 15 is 0 Å². The summed E-state index contributed by atoms with van der Waals surface area (Å²) in [5, 5.41) is 0. The lowest BCUT2D eigenvalue weighted by Crippen LogP contribution is -2.54. The third kappa shape index (κ3) is 2.99. The quantitative estimate of drug-likeness (QED) is 0.778. The normalized spacial score (nSPS) is 18.5. The highest BCUT2D eigenvalue weighted by Crippen LogP contribution is 2.28. The van der Waals surface area contributed by atoms with Gasteiger partial charge in [0, 0.05) is 32.7 Å². The van der Waals surface area contributed by atoms with Gasteiger partial charge in [-0.2, -0.15) is 0 Å². The van der Waals surface area contributed by atoms with Crippen LogP contribution in [0.5, 0.6) is 0 Å². The first-order chi connectivity index (χ1) is 8.13. The van der Waals surface area contributed by atoms with E-state index in [4.69, 9.17) is 5.73 Å². The molecule has 1 aliphatic rings. The maximum absolute atomic E-state index is 12.5. The average Bonchev–Trinajstić information content (AvgIpc) is 2.41. The zero-order chi connectivity index (χ0) is 12.9. The van der Waals surface area contributed by atoms with Crippen molar-refractivity contribution < 1.29 is 4.79 Å². The minimum absolute atomic E-state index is 0.265. The van der Waals surface area contributed by atoms with Gasteiger partial charge in [0.1, 0.15) is 0 Å². The third-order valence-electron chi connectivity index (χ3n) is 4.30. The van der Waals surface area contributed by atoms with Gasteiger partial charge in [-0.3, -0.25) is 4.79 Å². The predicted molar refractivity (Wildman–Crippen MR) is 70.8 cm³/mol. The first-order valence-electron chi connectivity index (χ1n) is 6.85. The third-order valence-corrected chi connectivity index (χ3v) is 4.30. The highest BCUT2D eigenvalue weighted by atomic mass is 16.2. The van der Waals surface area contributed by atoms with Crippen LogP contribution in [-0.4, -0.2) is 55.0 Å². The molecule has 0 saturated carbocycles. The van der Waals surface area contributed by atoms with E-state index in [0.717, 1.165) is 45.6 Å². The number of carbonyl (C=O) groups is 1. The Bertz CT molecular complexity index is 235. The number of nitrogens with two attached hydrogens (primary N) is 1. The molecule has 0 spiro atoms. The second-order valence-corrected chi connectivity index (χ2v) is 4.92. The number of hydrogen-bond donors (Lipinski definition) is 1. The van der Waals surface area contributed by atoms with Crippen LogP contribution in [-0.2, 0) is 4.79 Å². The van der Waals surface area contributed by atoms with Crippen molar-refractivity contribution in [1.82, 2.24) is 9.80 Å². The highest BCUT2D eigenvalue weighted by molar-refractivity contribution is 5.83. The molecule has 0 unspecified atom stereocenters. The number of piperazine rings is 1. The predicted octanol–water partition coefficient (Wildman–Crippen LogP) is 0.916. The molecule has 0 aliphatic carbocycles. The van der Waals surface area contributed by atoms with Crippen LogP contribution in [0, 0.1) is 5.41 Å². The molecule has 0 radical (unpaired) electrons. The van der Waals surface area contributed by atoms with Crippen LogP contribution in [0.15, 0.2) is 0 Å². The molecule has 0 aromatic carbocycles. The second-order valence-electron chi connectivity index (χ2n) is 4.92. The molecule has 100 valence electrons. The lowest BCUT2D eigenvalue weighted by molar-refractivity contribution is -0.144. The second kappa shape index (κ2) is 6.36. The van der Waals surface area contributed by atoms with Gasteiger partial charge < -0.3 is 15.5 Å². The van der Waals surface area contributed by atoms with Crippen molar-refractivity contribution in [3.8, 4) is 0 Å². The van der Waals surface area contributed by atoms with E-state index in [2.05, 4.69) is 25.7 Å². The number of amides is 1. The zero-order valence-electron chi connectivity index (χ0n) is 11.5. The number of likely N-dealkylation sites (N-methyl/N-ethyl adjacent to an activating group) is 1. The Hall–Kier alpha value is -0.610. The van der Waals surface area contributed by atoms with E-state index in [1.54, 1.807) is 0 Å². The van der Waals surface area contributed by atoms with Crippen molar-refractivity contribution in [1.29, 1.82) is 0 Å². The summed E-state index contributed by atoms with van der Waals surface area (Å²) in [5.41, 5.74) is 5.51. The molecule has 17 heavy (non-hydrogen) atoms. The van der Waals surface area contributed by atoms with E-state index in [0.29, 0.717) is 6.54 Å². The fourth-order valence-corrected chi connectivity index (χ4v) is 2.53. The standard InChI is InChI=1S/C13H27N3O/c1-4-13(5-2,11-14)12(17)16-9-7-15(6-3)8-10-16/h4-11,14H2,1-3H3. The molecule has 1 aliphatic heterocycles. The van der Waals surface area contributed by atoms with Crippen molar-refractivity contribution >= 4 is 5.91 Å². The molecule has 1 amide bonds. The number of rotatable bonds is 5. The van der Waals surface area contributed by atoms with Crippen LogP contribution in [0.25, 0.3) is 0 Å². The Labute approximate surface area is 105 Å². The van der Waals surface area contributed by atoms with Crippen molar-refractivity contribution in [3.63, 3.8) is 0 Å². The minimum atomic E-state index is -0.325. The summed E-state index contributed by atoms with van der Waals surface area (Å²) in [5.74, 6) is 0.265. The minimum Gasteiger partial charge on any atom is -0.340 e. The summed E-state index contributed by atoms with van der Waals surface area (Å²) in [6, 6.07) is 0. The summed E-state index contributed by atoms with van der Waals surface area (Å²) < 4.78 is 0. The van der Waals surface area contributed by atoms with Gasteiger partial charge in [-0.05, 0) is 19.4 Å². The van der Waals surface area contributed by atoms with Gasteiger partial charge in [-0.25, -0.2) is 0 Å². The smallest absolute Gasteiger partial charge is 0.230 e. The van der Waals surface area contributed by atoms with Crippen LogP contribution in [0.1, 0.15) is 33.6 Å². The maximum Gasteiger partial charge on any atom is 0.230 e. The summed E-state index contributed by atoms with van der Waals surface area (Å²) >= 11 is 0. The molecule has 1 saturated heterocycles. The molecule has 0 aromatic heterocycles. The van der Waals surface area contributed by atoms with E-state index in [1.165, 1.54) is 0 Å². The zero-order valence-corrected chi connectivity index (χ0v) is 11.5. The molecular weight excluding hydrogens is 214 g/mol. The fourth-order valence-electron chi connectivity index (χ4n) is 2.53. The number of carbonyl (C=O) groups excluding carboxylic acids is 1. The van der Waals surface area contributed by atoms with Gasteiger partial charge in [0.05, 0.1) is 5.41 Å². The topological polar surface area (TPSA) is 49.6 Å². The SMILES string of the molecule is CCN1CCN(C(=O)C(CC)(CC)CN)CC1. The highest BCUT2D eigenvalue weighted by Gasteiger charge is 2.37. The Balaban J connectivity index is 2.64. The lowest BCUT2D eigenvalue weighted by Gasteiger charge is -2.40. The van der Waals surface area contributed by atoms with Crippen molar-refractivity contribution in [2.24, 2.45) is 11.1 Å². The number of hydrogen-bond acceptors (Lipinski definition) is 3. The van der Waals surface area contributed by atoms with E-state index in [9.17, 15) is 4.79 Å². The molecule has 2 N–H and O–H groups in total. The molecule has 1 heterocycles. The van der Waals surface area contributed by atoms with Crippen LogP contribution < -0.4 is 5.73 Å². The Morgan fingerprint density at radius 2 is 1.65 bits per heavy atom. The largest absolute Gasteiger partial charge is 0.340 e. The van der Waals surface area contributed by atoms with Gasteiger partial charge in [0.25, 0.3) is 0 Å². The van der Waals surface area contributed by atoms with E-state index in [-0.39, 0.29) is 11.3 Å². The monoisotopic (exact) mass is 241 g/mol. The van der Waals surface area contributed by atoms with Crippen LogP contribution in [0.4, 0.5) is 0 Å². The Kier molecular flexibility index (Phi) is 5.40. The molecule has 0 atom stereocenters. The summed E-state index contributed by atoms with van der Waals surface area (Å²) in [4.78, 5) is 16.9. The average molecular weight is 241 g/mol. The first-order valence-corrected chi connectivity index (χ1v) is 6.85. The molecule has 4 heteroatoms. The molecule has 1 rings (SSSR count). The van der Waals surface area contributed by atoms with E-state index in [1.807, 2.05) is 4.90 Å². The molecule has 1 fully saturated rings. The summed E-state index contributed by atoms with van der Waals surface area (Å²) in [6.07, 6.45) is 1.68. The molecule has 0 bridgehead atoms. The molecule has 4 nitrogen and oxygen atoms in total. The van der Waals surface area contributed by atoms with E-state index < -0.39 is 0 Å². The van der Waals surface area contributed by atoms with Gasteiger partial charge in [-0.1, -0.05) is 20.8 Å². The summed E-state index contributed by atoms with van der Waals surface area (Å²) in [6.45, 7) is 11.5. The van der Waals surface area contributed by atoms with Crippen molar-refractivity contribution in [2.75, 3.05) is 39.3 Å². The maximum atomic E-state index is 12.5. The van der Waals surface area contributed by atoms with Crippen LogP contribution in [0.2, 0.25) is 0 Å². The van der Waals surface area contributed by atoms with Gasteiger partial charge in [0.2, 0.25) is 5.91 Å². The van der Waals surface area contributed by atoms with Gasteiger partial charge >= 0.3 is 0 Å². The van der Waals surface area contributed by atoms with Gasteiger partial charge in [0.15, 0.2) is 0 Å². The summed E-state index contributed by atoms with van der Waals surface area (Å²) in [7, 11) is 0. The van der Waals surface area contributed by atoms with Crippen LogP contribution in [0.3, 0.4) is 0 Å². The van der Waals surface area contributed by atoms with Crippen molar-refractivity contribution in [2.45, 2.75) is 33.6 Å².